The lowest BCUT2D eigenvalue weighted by atomic mass is 9.73. The molecule has 1 aromatic rings. The molecular weight excluding hydrogens is 342 g/mol. The fraction of sp³-hybridized carbons (Fsp3) is 0.714. The standard InChI is InChI=1S/C21H29N3O3/c1-23(2)10-15-16-11-24(12-21(16)8-7-18(15)27-21)20(25)14-9-13-5-4-6-17(13)22-19(14)26-3/h9,15-16,18H,4-8,10-12H2,1-3H3/t15-,16+,18+,21+/m0/s1. The van der Waals surface area contributed by atoms with E-state index in [0.717, 1.165) is 50.9 Å². The number of hydrogen-bond donors (Lipinski definition) is 0. The summed E-state index contributed by atoms with van der Waals surface area (Å²) in [6.45, 7) is 2.52. The Kier molecular flexibility index (Phi) is 3.99. The molecule has 6 nitrogen and oxygen atoms in total. The minimum atomic E-state index is -0.127. The van der Waals surface area contributed by atoms with E-state index < -0.39 is 0 Å². The van der Waals surface area contributed by atoms with Crippen molar-refractivity contribution in [3.8, 4) is 5.88 Å². The Morgan fingerprint density at radius 2 is 2.30 bits per heavy atom. The van der Waals surface area contributed by atoms with Gasteiger partial charge in [-0.15, -0.1) is 0 Å². The first kappa shape index (κ1) is 17.4. The average Bonchev–Trinajstić information content (AvgIpc) is 3.40. The lowest BCUT2D eigenvalue weighted by Gasteiger charge is -2.30. The van der Waals surface area contributed by atoms with E-state index in [4.69, 9.17) is 9.47 Å². The van der Waals surface area contributed by atoms with Gasteiger partial charge in [0.05, 0.1) is 25.4 Å². The lowest BCUT2D eigenvalue weighted by Crippen LogP contribution is -2.40. The minimum Gasteiger partial charge on any atom is -0.480 e. The van der Waals surface area contributed by atoms with Crippen molar-refractivity contribution in [1.82, 2.24) is 14.8 Å². The second kappa shape index (κ2) is 6.17. The Morgan fingerprint density at radius 3 is 3.07 bits per heavy atom. The summed E-state index contributed by atoms with van der Waals surface area (Å²) in [5, 5.41) is 0. The maximum Gasteiger partial charge on any atom is 0.259 e. The number of hydrogen-bond acceptors (Lipinski definition) is 5. The molecule has 0 N–H and O–H groups in total. The highest BCUT2D eigenvalue weighted by molar-refractivity contribution is 5.97. The highest BCUT2D eigenvalue weighted by Gasteiger charge is 2.63. The van der Waals surface area contributed by atoms with Crippen LogP contribution in [-0.4, -0.2) is 73.2 Å². The van der Waals surface area contributed by atoms with E-state index in [-0.39, 0.29) is 11.5 Å². The van der Waals surface area contributed by atoms with E-state index in [1.807, 2.05) is 11.0 Å². The Bertz CT molecular complexity index is 780. The predicted octanol–water partition coefficient (Wildman–Crippen LogP) is 1.76. The fourth-order valence-electron chi connectivity index (χ4n) is 5.94. The topological polar surface area (TPSA) is 54.9 Å². The smallest absolute Gasteiger partial charge is 0.259 e. The summed E-state index contributed by atoms with van der Waals surface area (Å²) >= 11 is 0. The number of carbonyl (C=O) groups is 1. The van der Waals surface area contributed by atoms with Gasteiger partial charge >= 0.3 is 0 Å². The van der Waals surface area contributed by atoms with Gasteiger partial charge in [-0.2, -0.15) is 0 Å². The van der Waals surface area contributed by atoms with Crippen LogP contribution in [0, 0.1) is 11.8 Å². The van der Waals surface area contributed by atoms with Crippen molar-refractivity contribution >= 4 is 5.91 Å². The molecule has 6 heteroatoms. The van der Waals surface area contributed by atoms with Crippen LogP contribution < -0.4 is 4.74 Å². The molecule has 3 fully saturated rings. The van der Waals surface area contributed by atoms with E-state index >= 15 is 0 Å². The molecule has 1 aliphatic carbocycles. The SMILES string of the molecule is COc1nc2c(cc1C(=O)N1C[C@@H]3[C@H](CN(C)C)[C@H]4CC[C@]3(C1)O4)CCC2. The van der Waals surface area contributed by atoms with Crippen LogP contribution in [-0.2, 0) is 17.6 Å². The summed E-state index contributed by atoms with van der Waals surface area (Å²) < 4.78 is 12.0. The number of nitrogens with zero attached hydrogens (tertiary/aromatic N) is 3. The van der Waals surface area contributed by atoms with Gasteiger partial charge in [-0.05, 0) is 57.8 Å². The van der Waals surface area contributed by atoms with Gasteiger partial charge in [0.25, 0.3) is 5.91 Å². The largest absolute Gasteiger partial charge is 0.480 e. The van der Waals surface area contributed by atoms with Crippen LogP contribution >= 0.6 is 0 Å². The fourth-order valence-corrected chi connectivity index (χ4v) is 5.94. The van der Waals surface area contributed by atoms with Crippen LogP contribution in [0.5, 0.6) is 5.88 Å². The molecule has 0 saturated carbocycles. The zero-order chi connectivity index (χ0) is 18.8. The molecule has 3 aliphatic heterocycles. The van der Waals surface area contributed by atoms with Gasteiger partial charge in [0, 0.05) is 30.6 Å². The number of carbonyl (C=O) groups excluding carboxylic acids is 1. The summed E-state index contributed by atoms with van der Waals surface area (Å²) in [6.07, 6.45) is 5.67. The molecule has 27 heavy (non-hydrogen) atoms. The first-order valence-corrected chi connectivity index (χ1v) is 10.2. The molecule has 1 spiro atoms. The number of likely N-dealkylation sites (tertiary alicyclic amines) is 1. The molecule has 0 unspecified atom stereocenters. The zero-order valence-corrected chi connectivity index (χ0v) is 16.5. The quantitative estimate of drug-likeness (QED) is 0.807. The monoisotopic (exact) mass is 371 g/mol. The third-order valence-corrected chi connectivity index (χ3v) is 7.09. The van der Waals surface area contributed by atoms with Crippen molar-refractivity contribution < 1.29 is 14.3 Å². The molecule has 3 saturated heterocycles. The molecule has 0 aromatic carbocycles. The predicted molar refractivity (Wildman–Crippen MR) is 101 cm³/mol. The van der Waals surface area contributed by atoms with E-state index in [0.29, 0.717) is 35.9 Å². The van der Waals surface area contributed by atoms with Crippen LogP contribution in [0.2, 0.25) is 0 Å². The normalized spacial score (nSPS) is 33.6. The van der Waals surface area contributed by atoms with E-state index in [1.165, 1.54) is 5.56 Å². The second-order valence-corrected chi connectivity index (χ2v) is 8.98. The molecule has 0 radical (unpaired) electrons. The number of aromatic nitrogens is 1. The van der Waals surface area contributed by atoms with Crippen LogP contribution in [0.4, 0.5) is 0 Å². The molecule has 1 amide bonds. The van der Waals surface area contributed by atoms with Gasteiger partial charge in [0.2, 0.25) is 5.88 Å². The van der Waals surface area contributed by atoms with Gasteiger partial charge in [-0.1, -0.05) is 0 Å². The first-order chi connectivity index (χ1) is 13.0. The number of pyridine rings is 1. The summed E-state index contributed by atoms with van der Waals surface area (Å²) in [5.74, 6) is 1.49. The van der Waals surface area contributed by atoms with Gasteiger partial charge in [-0.3, -0.25) is 4.79 Å². The van der Waals surface area contributed by atoms with E-state index in [2.05, 4.69) is 24.0 Å². The maximum absolute atomic E-state index is 13.4. The molecule has 4 heterocycles. The molecule has 1 aromatic heterocycles. The lowest BCUT2D eigenvalue weighted by molar-refractivity contribution is 0.00252. The second-order valence-electron chi connectivity index (χ2n) is 8.98. The number of ether oxygens (including phenoxy) is 2. The first-order valence-electron chi connectivity index (χ1n) is 10.2. The summed E-state index contributed by atoms with van der Waals surface area (Å²) in [7, 11) is 5.85. The molecule has 5 rings (SSSR count). The van der Waals surface area contributed by atoms with Crippen molar-refractivity contribution in [2.75, 3.05) is 40.8 Å². The highest BCUT2D eigenvalue weighted by Crippen LogP contribution is 2.55. The third kappa shape index (κ3) is 2.60. The molecule has 4 aliphatic rings. The van der Waals surface area contributed by atoms with Crippen molar-refractivity contribution in [3.63, 3.8) is 0 Å². The molecule has 2 bridgehead atoms. The average molecular weight is 371 g/mol. The van der Waals surface area contributed by atoms with Crippen molar-refractivity contribution in [3.05, 3.63) is 22.9 Å². The van der Waals surface area contributed by atoms with Gasteiger partial charge in [0.1, 0.15) is 5.56 Å². The summed E-state index contributed by atoms with van der Waals surface area (Å²) in [5.41, 5.74) is 2.79. The summed E-state index contributed by atoms with van der Waals surface area (Å²) in [6, 6.07) is 2.03. The molecule has 4 atom stereocenters. The van der Waals surface area contributed by atoms with Crippen LogP contribution in [0.3, 0.4) is 0 Å². The number of aryl methyl sites for hydroxylation is 2. The van der Waals surface area contributed by atoms with Crippen LogP contribution in [0.25, 0.3) is 0 Å². The Labute approximate surface area is 160 Å². The van der Waals surface area contributed by atoms with Gasteiger partial charge < -0.3 is 19.3 Å². The van der Waals surface area contributed by atoms with Crippen molar-refractivity contribution in [2.45, 2.75) is 43.8 Å². The Balaban J connectivity index is 1.42. The number of rotatable bonds is 4. The van der Waals surface area contributed by atoms with Crippen LogP contribution in [0.15, 0.2) is 6.07 Å². The molecular formula is C21H29N3O3. The van der Waals surface area contributed by atoms with Crippen molar-refractivity contribution in [2.24, 2.45) is 11.8 Å². The number of amides is 1. The maximum atomic E-state index is 13.4. The third-order valence-electron chi connectivity index (χ3n) is 7.09. The number of fused-ring (bicyclic) bond motifs is 2. The Morgan fingerprint density at radius 1 is 1.44 bits per heavy atom. The van der Waals surface area contributed by atoms with Gasteiger partial charge in [-0.25, -0.2) is 4.98 Å². The van der Waals surface area contributed by atoms with E-state index in [9.17, 15) is 4.79 Å². The minimum absolute atomic E-state index is 0.0495. The van der Waals surface area contributed by atoms with Gasteiger partial charge in [0.15, 0.2) is 0 Å². The summed E-state index contributed by atoms with van der Waals surface area (Å²) in [4.78, 5) is 22.3. The molecule has 146 valence electrons. The van der Waals surface area contributed by atoms with E-state index in [1.54, 1.807) is 7.11 Å². The Hall–Kier alpha value is -1.66. The number of methoxy groups -OCH3 is 1. The van der Waals surface area contributed by atoms with Crippen LogP contribution in [0.1, 0.15) is 40.9 Å². The highest BCUT2D eigenvalue weighted by atomic mass is 16.5. The van der Waals surface area contributed by atoms with Crippen molar-refractivity contribution in [1.29, 1.82) is 0 Å². The zero-order valence-electron chi connectivity index (χ0n) is 16.5.